The smallest absolute Gasteiger partial charge is 0.385 e. The van der Waals surface area contributed by atoms with Crippen LogP contribution in [0, 0.1) is 6.92 Å². The number of rotatable bonds is 2. The van der Waals surface area contributed by atoms with Gasteiger partial charge in [-0.15, -0.1) is 0 Å². The van der Waals surface area contributed by atoms with Crippen molar-refractivity contribution in [2.24, 2.45) is 0 Å². The first kappa shape index (κ1) is 11.6. The summed E-state index contributed by atoms with van der Waals surface area (Å²) in [7, 11) is 0. The second kappa shape index (κ2) is 3.98. The first-order chi connectivity index (χ1) is 6.84. The highest BCUT2D eigenvalue weighted by Gasteiger charge is 2.35. The minimum absolute atomic E-state index is 0.674. The number of Topliss-reactive ketones (excluding diaryl/α,β-unsaturated/α-hetero) is 1. The van der Waals surface area contributed by atoms with Gasteiger partial charge in [-0.3, -0.25) is 9.78 Å². The van der Waals surface area contributed by atoms with Gasteiger partial charge in [-0.2, -0.15) is 13.2 Å². The number of pyridine rings is 1. The lowest BCUT2D eigenvalue weighted by molar-refractivity contribution is -0.138. The van der Waals surface area contributed by atoms with Gasteiger partial charge in [0, 0.05) is 12.4 Å². The van der Waals surface area contributed by atoms with Gasteiger partial charge in [0.15, 0.2) is 5.78 Å². The van der Waals surface area contributed by atoms with E-state index in [4.69, 9.17) is 5.11 Å². The fourth-order valence-electron chi connectivity index (χ4n) is 1.02. The molecular formula is C9H7F3NO2. The molecule has 0 aliphatic carbocycles. The van der Waals surface area contributed by atoms with Gasteiger partial charge in [0.05, 0.1) is 11.1 Å². The summed E-state index contributed by atoms with van der Waals surface area (Å²) in [5.74, 6) is -1.10. The third-order valence-corrected chi connectivity index (χ3v) is 1.69. The van der Waals surface area contributed by atoms with Gasteiger partial charge >= 0.3 is 6.18 Å². The van der Waals surface area contributed by atoms with Crippen molar-refractivity contribution in [2.45, 2.75) is 12.3 Å². The van der Waals surface area contributed by atoms with Gasteiger partial charge in [-0.05, 0) is 13.0 Å². The van der Waals surface area contributed by atoms with Gasteiger partial charge in [0.2, 0.25) is 0 Å². The highest BCUT2D eigenvalue weighted by atomic mass is 19.4. The first-order valence-corrected chi connectivity index (χ1v) is 3.90. The van der Waals surface area contributed by atoms with Crippen LogP contribution in [-0.2, 0) is 6.18 Å². The van der Waals surface area contributed by atoms with E-state index < -0.39 is 29.2 Å². The Balaban J connectivity index is 3.25. The predicted octanol–water partition coefficient (Wildman–Crippen LogP) is 1.48. The van der Waals surface area contributed by atoms with Gasteiger partial charge in [-0.1, -0.05) is 0 Å². The maximum atomic E-state index is 12.4. The molecule has 0 spiro atoms. The van der Waals surface area contributed by atoms with Crippen LogP contribution in [0.4, 0.5) is 13.2 Å². The number of halogens is 3. The first-order valence-electron chi connectivity index (χ1n) is 3.90. The molecule has 0 aliphatic rings. The molecule has 0 saturated heterocycles. The Morgan fingerprint density at radius 1 is 1.53 bits per heavy atom. The molecule has 1 atom stereocenters. The Kier molecular flexibility index (Phi) is 3.09. The molecule has 0 fully saturated rings. The lowest BCUT2D eigenvalue weighted by Gasteiger charge is -2.11. The molecule has 3 nitrogen and oxygen atoms in total. The molecule has 15 heavy (non-hydrogen) atoms. The van der Waals surface area contributed by atoms with Crippen molar-refractivity contribution in [2.75, 3.05) is 0 Å². The molecule has 1 N–H and O–H groups in total. The molecular weight excluding hydrogens is 211 g/mol. The van der Waals surface area contributed by atoms with E-state index in [1.807, 2.05) is 0 Å². The van der Waals surface area contributed by atoms with Gasteiger partial charge in [0.25, 0.3) is 0 Å². The number of hydrogen-bond acceptors (Lipinski definition) is 3. The van der Waals surface area contributed by atoms with Crippen molar-refractivity contribution in [1.82, 2.24) is 4.98 Å². The van der Waals surface area contributed by atoms with Crippen LogP contribution in [0.5, 0.6) is 0 Å². The molecule has 0 aromatic carbocycles. The summed E-state index contributed by atoms with van der Waals surface area (Å²) in [6.07, 6.45) is -4.69. The zero-order chi connectivity index (χ0) is 11.6. The standard InChI is InChI=1S/C9H7F3NO2/c1-5(14)8(15)6-4-13-3-2-7(6)9(10,11)12/h2-5,14H,1H2. The Hall–Kier alpha value is -1.43. The summed E-state index contributed by atoms with van der Waals surface area (Å²) in [5, 5.41) is 8.81. The van der Waals surface area contributed by atoms with Crippen molar-refractivity contribution in [3.63, 3.8) is 0 Å². The molecule has 0 aliphatic heterocycles. The number of aliphatic hydroxyl groups excluding tert-OH is 1. The number of carbonyl (C=O) groups is 1. The summed E-state index contributed by atoms with van der Waals surface area (Å²) >= 11 is 0. The molecule has 1 aromatic rings. The average Bonchev–Trinajstić information content (AvgIpc) is 2.15. The highest BCUT2D eigenvalue weighted by Crippen LogP contribution is 2.31. The van der Waals surface area contributed by atoms with E-state index in [1.54, 1.807) is 0 Å². The van der Waals surface area contributed by atoms with Crippen LogP contribution < -0.4 is 0 Å². The van der Waals surface area contributed by atoms with Gasteiger partial charge < -0.3 is 5.11 Å². The number of aromatic nitrogens is 1. The summed E-state index contributed by atoms with van der Waals surface area (Å²) in [4.78, 5) is 14.6. The summed E-state index contributed by atoms with van der Waals surface area (Å²) in [6, 6.07) is 0.676. The number of nitrogens with zero attached hydrogens (tertiary/aromatic N) is 1. The summed E-state index contributed by atoms with van der Waals surface area (Å²) in [6.45, 7) is 2.95. The normalized spacial score (nSPS) is 13.7. The number of ketones is 1. The quantitative estimate of drug-likeness (QED) is 0.765. The predicted molar refractivity (Wildman–Crippen MR) is 44.9 cm³/mol. The van der Waals surface area contributed by atoms with E-state index in [0.29, 0.717) is 6.07 Å². The average molecular weight is 218 g/mol. The third kappa shape index (κ3) is 2.53. The topological polar surface area (TPSA) is 50.2 Å². The molecule has 1 rings (SSSR count). The highest BCUT2D eigenvalue weighted by molar-refractivity contribution is 6.00. The second-order valence-corrected chi connectivity index (χ2v) is 2.80. The third-order valence-electron chi connectivity index (χ3n) is 1.69. The van der Waals surface area contributed by atoms with Crippen LogP contribution in [0.1, 0.15) is 15.9 Å². The number of alkyl halides is 3. The van der Waals surface area contributed by atoms with E-state index in [2.05, 4.69) is 11.9 Å². The second-order valence-electron chi connectivity index (χ2n) is 2.80. The summed E-state index contributed by atoms with van der Waals surface area (Å²) in [5.41, 5.74) is -1.79. The molecule has 1 aromatic heterocycles. The Bertz CT molecular complexity index is 374. The largest absolute Gasteiger partial charge is 0.417 e. The lowest BCUT2D eigenvalue weighted by Crippen LogP contribution is -2.21. The van der Waals surface area contributed by atoms with Crippen LogP contribution >= 0.6 is 0 Å². The van der Waals surface area contributed by atoms with Crippen LogP contribution in [-0.4, -0.2) is 22.0 Å². The number of aliphatic hydroxyl groups is 1. The van der Waals surface area contributed by atoms with Crippen molar-refractivity contribution in [3.8, 4) is 0 Å². The van der Waals surface area contributed by atoms with E-state index in [1.165, 1.54) is 0 Å². The van der Waals surface area contributed by atoms with Crippen molar-refractivity contribution in [1.29, 1.82) is 0 Å². The van der Waals surface area contributed by atoms with Crippen LogP contribution in [0.15, 0.2) is 18.5 Å². The Morgan fingerprint density at radius 2 is 2.13 bits per heavy atom. The van der Waals surface area contributed by atoms with Crippen LogP contribution in [0.25, 0.3) is 0 Å². The lowest BCUT2D eigenvalue weighted by atomic mass is 10.0. The van der Waals surface area contributed by atoms with Crippen molar-refractivity contribution < 1.29 is 23.1 Å². The molecule has 6 heteroatoms. The van der Waals surface area contributed by atoms with Gasteiger partial charge in [-0.25, -0.2) is 0 Å². The molecule has 0 amide bonds. The maximum Gasteiger partial charge on any atom is 0.417 e. The zero-order valence-electron chi connectivity index (χ0n) is 7.45. The molecule has 1 unspecified atom stereocenters. The molecule has 1 radical (unpaired) electrons. The summed E-state index contributed by atoms with van der Waals surface area (Å²) < 4.78 is 37.2. The fraction of sp³-hybridized carbons (Fsp3) is 0.222. The minimum atomic E-state index is -4.65. The van der Waals surface area contributed by atoms with E-state index in [0.717, 1.165) is 12.4 Å². The molecule has 81 valence electrons. The number of hydrogen-bond donors (Lipinski definition) is 1. The number of carbonyl (C=O) groups excluding carboxylic acids is 1. The van der Waals surface area contributed by atoms with Crippen LogP contribution in [0.2, 0.25) is 0 Å². The Labute approximate surface area is 83.6 Å². The monoisotopic (exact) mass is 218 g/mol. The zero-order valence-corrected chi connectivity index (χ0v) is 7.45. The molecule has 0 saturated carbocycles. The molecule has 0 bridgehead atoms. The van der Waals surface area contributed by atoms with Crippen molar-refractivity contribution in [3.05, 3.63) is 36.5 Å². The van der Waals surface area contributed by atoms with Crippen molar-refractivity contribution >= 4 is 5.78 Å². The van der Waals surface area contributed by atoms with E-state index in [-0.39, 0.29) is 0 Å². The van der Waals surface area contributed by atoms with E-state index >= 15 is 0 Å². The Morgan fingerprint density at radius 3 is 2.60 bits per heavy atom. The molecule has 1 heterocycles. The minimum Gasteiger partial charge on any atom is -0.385 e. The SMILES string of the molecule is [CH2]C(O)C(=O)c1cnccc1C(F)(F)F. The maximum absolute atomic E-state index is 12.4. The fourth-order valence-corrected chi connectivity index (χ4v) is 1.02. The van der Waals surface area contributed by atoms with Crippen LogP contribution in [0.3, 0.4) is 0 Å². The van der Waals surface area contributed by atoms with E-state index in [9.17, 15) is 18.0 Å². The van der Waals surface area contributed by atoms with Gasteiger partial charge in [0.1, 0.15) is 6.10 Å².